The largest absolute Gasteiger partial charge is 0.358 e. The third kappa shape index (κ3) is 2.29. The number of rotatable bonds is 1. The Morgan fingerprint density at radius 1 is 1.21 bits per heavy atom. The number of nitrogens with zero attached hydrogens (tertiary/aromatic N) is 2. The molecule has 0 aliphatic carbocycles. The number of carbonyl (C=O) groups excluding carboxylic acids is 2. The molecule has 0 radical (unpaired) electrons. The summed E-state index contributed by atoms with van der Waals surface area (Å²) < 4.78 is 0. The smallest absolute Gasteiger partial charge is 0.256 e. The van der Waals surface area contributed by atoms with Gasteiger partial charge in [-0.05, 0) is 25.5 Å². The molecule has 0 bridgehead atoms. The molecule has 2 aliphatic heterocycles. The van der Waals surface area contributed by atoms with Gasteiger partial charge in [0.1, 0.15) is 6.04 Å². The van der Waals surface area contributed by atoms with E-state index < -0.39 is 0 Å². The van der Waals surface area contributed by atoms with Crippen molar-refractivity contribution in [1.29, 1.82) is 0 Å². The van der Waals surface area contributed by atoms with Gasteiger partial charge in [-0.3, -0.25) is 14.5 Å². The third-order valence-electron chi connectivity index (χ3n) is 5.35. The lowest BCUT2D eigenvalue weighted by molar-refractivity contribution is -0.131. The number of para-hydroxylation sites is 1. The summed E-state index contributed by atoms with van der Waals surface area (Å²) in [6.07, 6.45) is 0. The molecular weight excluding hydrogens is 304 g/mol. The van der Waals surface area contributed by atoms with Gasteiger partial charge in [0.15, 0.2) is 0 Å². The summed E-state index contributed by atoms with van der Waals surface area (Å²) in [6.45, 7) is 7.52. The molecule has 2 fully saturated rings. The second-order valence-electron chi connectivity index (χ2n) is 6.70. The Kier molecular flexibility index (Phi) is 3.57. The first-order chi connectivity index (χ1) is 11.6. The van der Waals surface area contributed by atoms with E-state index in [1.165, 1.54) is 5.56 Å². The highest BCUT2D eigenvalue weighted by Crippen LogP contribution is 2.26. The summed E-state index contributed by atoms with van der Waals surface area (Å²) in [5, 5.41) is 3.99. The van der Waals surface area contributed by atoms with Crippen LogP contribution in [0.1, 0.15) is 21.6 Å². The first kappa shape index (κ1) is 15.2. The monoisotopic (exact) mass is 326 g/mol. The number of hydrogen-bond donors (Lipinski definition) is 2. The van der Waals surface area contributed by atoms with Crippen LogP contribution in [0.25, 0.3) is 10.9 Å². The minimum Gasteiger partial charge on any atom is -0.358 e. The van der Waals surface area contributed by atoms with Gasteiger partial charge in [0.25, 0.3) is 5.91 Å². The number of aromatic nitrogens is 1. The molecule has 2 N–H and O–H groups in total. The number of H-pyrrole nitrogens is 1. The Bertz CT molecular complexity index is 826. The molecule has 24 heavy (non-hydrogen) atoms. The van der Waals surface area contributed by atoms with Crippen molar-refractivity contribution in [3.8, 4) is 0 Å². The zero-order valence-electron chi connectivity index (χ0n) is 14.1. The molecule has 2 aromatic rings. The Morgan fingerprint density at radius 3 is 2.88 bits per heavy atom. The van der Waals surface area contributed by atoms with E-state index in [-0.39, 0.29) is 17.9 Å². The molecule has 1 unspecified atom stereocenters. The molecule has 1 atom stereocenters. The van der Waals surface area contributed by atoms with Gasteiger partial charge in [-0.25, -0.2) is 0 Å². The van der Waals surface area contributed by atoms with E-state index in [4.69, 9.17) is 0 Å². The van der Waals surface area contributed by atoms with Crippen LogP contribution in [-0.4, -0.2) is 65.4 Å². The predicted molar refractivity (Wildman–Crippen MR) is 92.0 cm³/mol. The molecule has 3 heterocycles. The number of nitrogens with one attached hydrogen (secondary N) is 2. The van der Waals surface area contributed by atoms with Crippen molar-refractivity contribution < 1.29 is 9.59 Å². The highest BCUT2D eigenvalue weighted by Gasteiger charge is 2.36. The SMILES string of the molecule is Cc1[nH]c2c(C(=O)N3CCN4CCNC(=O)C4C3)cccc2c1C. The van der Waals surface area contributed by atoms with Crippen LogP contribution < -0.4 is 5.32 Å². The Morgan fingerprint density at radius 2 is 2.04 bits per heavy atom. The van der Waals surface area contributed by atoms with Crippen molar-refractivity contribution >= 4 is 22.7 Å². The Labute approximate surface area is 140 Å². The molecule has 2 saturated heterocycles. The van der Waals surface area contributed by atoms with E-state index in [9.17, 15) is 9.59 Å². The summed E-state index contributed by atoms with van der Waals surface area (Å²) in [7, 11) is 0. The second kappa shape index (κ2) is 5.63. The maximum Gasteiger partial charge on any atom is 0.256 e. The van der Waals surface area contributed by atoms with Crippen molar-refractivity contribution in [3.63, 3.8) is 0 Å². The summed E-state index contributed by atoms with van der Waals surface area (Å²) in [5.74, 6) is 0.0309. The Hall–Kier alpha value is -2.34. The zero-order chi connectivity index (χ0) is 16.8. The molecule has 6 heteroatoms. The van der Waals surface area contributed by atoms with Crippen LogP contribution in [0, 0.1) is 13.8 Å². The van der Waals surface area contributed by atoms with Gasteiger partial charge in [-0.1, -0.05) is 12.1 Å². The predicted octanol–water partition coefficient (Wildman–Crippen LogP) is 1.04. The topological polar surface area (TPSA) is 68.4 Å². The van der Waals surface area contributed by atoms with Crippen LogP contribution in [0.2, 0.25) is 0 Å². The number of amides is 2. The maximum atomic E-state index is 13.1. The van der Waals surface area contributed by atoms with Crippen molar-refractivity contribution in [2.45, 2.75) is 19.9 Å². The van der Waals surface area contributed by atoms with E-state index in [2.05, 4.69) is 22.1 Å². The van der Waals surface area contributed by atoms with Crippen LogP contribution in [0.15, 0.2) is 18.2 Å². The number of aromatic amines is 1. The van der Waals surface area contributed by atoms with Gasteiger partial charge in [0, 0.05) is 43.8 Å². The molecule has 4 rings (SSSR count). The van der Waals surface area contributed by atoms with Crippen LogP contribution in [0.4, 0.5) is 0 Å². The molecule has 0 saturated carbocycles. The van der Waals surface area contributed by atoms with Gasteiger partial charge >= 0.3 is 0 Å². The highest BCUT2D eigenvalue weighted by atomic mass is 16.2. The van der Waals surface area contributed by atoms with Crippen molar-refractivity contribution in [3.05, 3.63) is 35.0 Å². The van der Waals surface area contributed by atoms with Crippen LogP contribution in [0.3, 0.4) is 0 Å². The fourth-order valence-corrected chi connectivity index (χ4v) is 3.79. The summed E-state index contributed by atoms with van der Waals surface area (Å²) in [4.78, 5) is 32.5. The minimum atomic E-state index is -0.220. The number of piperazine rings is 2. The third-order valence-corrected chi connectivity index (χ3v) is 5.35. The summed E-state index contributed by atoms with van der Waals surface area (Å²) in [5.41, 5.74) is 3.85. The zero-order valence-corrected chi connectivity index (χ0v) is 14.1. The summed E-state index contributed by atoms with van der Waals surface area (Å²) in [6, 6.07) is 5.62. The van der Waals surface area contributed by atoms with Gasteiger partial charge < -0.3 is 15.2 Å². The van der Waals surface area contributed by atoms with Crippen molar-refractivity contribution in [2.24, 2.45) is 0 Å². The molecule has 0 spiro atoms. The maximum absolute atomic E-state index is 13.1. The molecule has 6 nitrogen and oxygen atoms in total. The van der Waals surface area contributed by atoms with E-state index in [0.29, 0.717) is 25.2 Å². The van der Waals surface area contributed by atoms with Gasteiger partial charge in [-0.15, -0.1) is 0 Å². The normalized spacial score (nSPS) is 21.7. The number of hydrogen-bond acceptors (Lipinski definition) is 3. The molecular formula is C18H22N4O2. The van der Waals surface area contributed by atoms with E-state index in [0.717, 1.165) is 29.7 Å². The summed E-state index contributed by atoms with van der Waals surface area (Å²) >= 11 is 0. The van der Waals surface area contributed by atoms with Crippen LogP contribution in [-0.2, 0) is 4.79 Å². The molecule has 2 aliphatic rings. The lowest BCUT2D eigenvalue weighted by atomic mass is 10.0. The number of fused-ring (bicyclic) bond motifs is 2. The minimum absolute atomic E-state index is 0.000117. The van der Waals surface area contributed by atoms with Gasteiger partial charge in [0.05, 0.1) is 11.1 Å². The molecule has 2 amide bonds. The fraction of sp³-hybridized carbons (Fsp3) is 0.444. The van der Waals surface area contributed by atoms with Gasteiger partial charge in [0.2, 0.25) is 5.91 Å². The highest BCUT2D eigenvalue weighted by molar-refractivity contribution is 6.07. The average Bonchev–Trinajstić information content (AvgIpc) is 2.89. The lowest BCUT2D eigenvalue weighted by Gasteiger charge is -2.43. The molecule has 1 aromatic heterocycles. The quantitative estimate of drug-likeness (QED) is 0.823. The fourth-order valence-electron chi connectivity index (χ4n) is 3.79. The molecule has 126 valence electrons. The number of aryl methyl sites for hydroxylation is 2. The first-order valence-corrected chi connectivity index (χ1v) is 8.45. The van der Waals surface area contributed by atoms with Crippen molar-refractivity contribution in [2.75, 3.05) is 32.7 Å². The van der Waals surface area contributed by atoms with E-state index in [1.807, 2.05) is 30.0 Å². The average molecular weight is 326 g/mol. The molecule has 1 aromatic carbocycles. The standard InChI is InChI=1S/C18H22N4O2/c1-11-12(2)20-16-13(11)4-3-5-14(16)18(24)22-9-8-21-7-6-19-17(23)15(21)10-22/h3-5,15,20H,6-10H2,1-2H3,(H,19,23). The van der Waals surface area contributed by atoms with Crippen LogP contribution >= 0.6 is 0 Å². The number of carbonyl (C=O) groups is 2. The van der Waals surface area contributed by atoms with Crippen LogP contribution in [0.5, 0.6) is 0 Å². The number of benzene rings is 1. The van der Waals surface area contributed by atoms with Crippen molar-refractivity contribution in [1.82, 2.24) is 20.1 Å². The lowest BCUT2D eigenvalue weighted by Crippen LogP contribution is -2.64. The van der Waals surface area contributed by atoms with Gasteiger partial charge in [-0.2, -0.15) is 0 Å². The van der Waals surface area contributed by atoms with E-state index >= 15 is 0 Å². The first-order valence-electron chi connectivity index (χ1n) is 8.45. The Balaban J connectivity index is 1.65. The van der Waals surface area contributed by atoms with E-state index in [1.54, 1.807) is 0 Å². The second-order valence-corrected chi connectivity index (χ2v) is 6.70.